The molecule has 0 spiro atoms. The third kappa shape index (κ3) is 2.90. The number of halogens is 3. The number of primary amides is 1. The van der Waals surface area contributed by atoms with E-state index in [4.69, 9.17) is 11.6 Å². The summed E-state index contributed by atoms with van der Waals surface area (Å²) in [5.74, 6) is 3.92. The number of nitrogens with zero attached hydrogens (tertiary/aromatic N) is 3. The van der Waals surface area contributed by atoms with E-state index in [9.17, 15) is 18.0 Å². The average Bonchev–Trinajstić information content (AvgIpc) is 2.87. The summed E-state index contributed by atoms with van der Waals surface area (Å²) in [4.78, 5) is 19.8. The van der Waals surface area contributed by atoms with Gasteiger partial charge in [-0.25, -0.2) is 10.8 Å². The Balaban J connectivity index is 2.30. The fourth-order valence-electron chi connectivity index (χ4n) is 2.01. The summed E-state index contributed by atoms with van der Waals surface area (Å²) in [7, 11) is 0. The lowest BCUT2D eigenvalue weighted by atomic mass is 10.1. The highest BCUT2D eigenvalue weighted by atomic mass is 19.4. The Morgan fingerprint density at radius 3 is 2.65 bits per heavy atom. The van der Waals surface area contributed by atoms with Crippen LogP contribution in [0.3, 0.4) is 0 Å². The molecule has 1 amide bonds. The third-order valence-electron chi connectivity index (χ3n) is 3.05. The smallest absolute Gasteiger partial charge is 0.369 e. The van der Waals surface area contributed by atoms with E-state index in [1.807, 2.05) is 5.43 Å². The molecule has 0 aliphatic carbocycles. The first-order valence-corrected chi connectivity index (χ1v) is 5.78. The second-order valence-electron chi connectivity index (χ2n) is 4.41. The number of nitrogens with two attached hydrogens (primary N) is 2. The van der Waals surface area contributed by atoms with Gasteiger partial charge in [0.1, 0.15) is 5.82 Å². The highest BCUT2D eigenvalue weighted by Gasteiger charge is 2.35. The topological polar surface area (TPSA) is 110 Å². The fraction of sp³-hybridized carbons (Fsp3) is 0.500. The van der Waals surface area contributed by atoms with Crippen molar-refractivity contribution in [3.8, 4) is 0 Å². The van der Waals surface area contributed by atoms with Crippen LogP contribution in [0.2, 0.25) is 0 Å². The second-order valence-corrected chi connectivity index (χ2v) is 4.41. The first kappa shape index (κ1) is 14.3. The molecule has 20 heavy (non-hydrogen) atoms. The first-order valence-electron chi connectivity index (χ1n) is 5.78. The van der Waals surface area contributed by atoms with E-state index in [0.29, 0.717) is 13.0 Å². The highest BCUT2D eigenvalue weighted by molar-refractivity contribution is 5.78. The van der Waals surface area contributed by atoms with Crippen molar-refractivity contribution >= 4 is 17.7 Å². The van der Waals surface area contributed by atoms with E-state index in [0.717, 1.165) is 6.07 Å². The van der Waals surface area contributed by atoms with Gasteiger partial charge in [-0.15, -0.1) is 0 Å². The molecule has 110 valence electrons. The van der Waals surface area contributed by atoms with Gasteiger partial charge in [0.05, 0.1) is 5.92 Å². The molecule has 1 atom stereocenters. The zero-order valence-electron chi connectivity index (χ0n) is 10.3. The summed E-state index contributed by atoms with van der Waals surface area (Å²) >= 11 is 0. The average molecular weight is 290 g/mol. The number of nitrogens with one attached hydrogen (secondary N) is 1. The number of hydrazine groups is 1. The Kier molecular flexibility index (Phi) is 3.66. The molecular formula is C10H13F3N6O. The summed E-state index contributed by atoms with van der Waals surface area (Å²) in [6.45, 7) is 0.625. The van der Waals surface area contributed by atoms with Crippen molar-refractivity contribution in [2.45, 2.75) is 12.6 Å². The molecule has 7 nitrogen and oxygen atoms in total. The number of hydrogen-bond acceptors (Lipinski definition) is 6. The third-order valence-corrected chi connectivity index (χ3v) is 3.05. The molecule has 1 aliphatic heterocycles. The summed E-state index contributed by atoms with van der Waals surface area (Å²) in [5, 5.41) is 0. The molecule has 5 N–H and O–H groups in total. The van der Waals surface area contributed by atoms with Gasteiger partial charge in [-0.1, -0.05) is 0 Å². The summed E-state index contributed by atoms with van der Waals surface area (Å²) in [5.41, 5.74) is 6.08. The molecule has 1 aromatic heterocycles. The van der Waals surface area contributed by atoms with Crippen LogP contribution in [0.1, 0.15) is 12.1 Å². The molecule has 2 rings (SSSR count). The molecule has 1 aromatic rings. The lowest BCUT2D eigenvalue weighted by Gasteiger charge is -2.19. The Morgan fingerprint density at radius 2 is 2.15 bits per heavy atom. The molecule has 0 bridgehead atoms. The van der Waals surface area contributed by atoms with Crippen LogP contribution in [0, 0.1) is 5.92 Å². The number of aromatic nitrogens is 2. The minimum absolute atomic E-state index is 0.0593. The predicted octanol–water partition coefficient (Wildman–Crippen LogP) is 0.0926. The maximum atomic E-state index is 12.7. The lowest BCUT2D eigenvalue weighted by Crippen LogP contribution is -2.28. The zero-order chi connectivity index (χ0) is 14.9. The van der Waals surface area contributed by atoms with E-state index in [1.165, 1.54) is 0 Å². The lowest BCUT2D eigenvalue weighted by molar-refractivity contribution is -0.141. The first-order chi connectivity index (χ1) is 9.31. The van der Waals surface area contributed by atoms with Crippen LogP contribution in [0.5, 0.6) is 0 Å². The molecule has 2 heterocycles. The molecule has 10 heteroatoms. The van der Waals surface area contributed by atoms with Gasteiger partial charge in [-0.2, -0.15) is 18.2 Å². The van der Waals surface area contributed by atoms with Gasteiger partial charge >= 0.3 is 6.18 Å². The monoisotopic (exact) mass is 290 g/mol. The number of carbonyl (C=O) groups is 1. The van der Waals surface area contributed by atoms with Crippen LogP contribution in [0.15, 0.2) is 6.07 Å². The van der Waals surface area contributed by atoms with Crippen LogP contribution in [-0.4, -0.2) is 29.0 Å². The van der Waals surface area contributed by atoms with Crippen molar-refractivity contribution in [2.75, 3.05) is 23.4 Å². The maximum absolute atomic E-state index is 12.7. The molecule has 1 fully saturated rings. The van der Waals surface area contributed by atoms with Gasteiger partial charge in [0.15, 0.2) is 5.69 Å². The van der Waals surface area contributed by atoms with Crippen molar-refractivity contribution in [3.63, 3.8) is 0 Å². The molecular weight excluding hydrogens is 277 g/mol. The number of nitrogen functional groups attached to an aromatic ring is 1. The van der Waals surface area contributed by atoms with Crippen molar-refractivity contribution in [1.29, 1.82) is 0 Å². The minimum atomic E-state index is -4.61. The Labute approximate surface area is 112 Å². The van der Waals surface area contributed by atoms with E-state index in [-0.39, 0.29) is 18.3 Å². The molecule has 0 saturated carbocycles. The number of rotatable bonds is 3. The number of carbonyl (C=O) groups excluding carboxylic acids is 1. The van der Waals surface area contributed by atoms with Crippen LogP contribution in [-0.2, 0) is 11.0 Å². The maximum Gasteiger partial charge on any atom is 0.433 e. The van der Waals surface area contributed by atoms with Gasteiger partial charge < -0.3 is 10.6 Å². The van der Waals surface area contributed by atoms with Gasteiger partial charge in [0.2, 0.25) is 11.9 Å². The molecule has 0 radical (unpaired) electrons. The largest absolute Gasteiger partial charge is 0.433 e. The van der Waals surface area contributed by atoms with Gasteiger partial charge in [0.25, 0.3) is 0 Å². The van der Waals surface area contributed by atoms with Crippen LogP contribution in [0.4, 0.5) is 24.9 Å². The second kappa shape index (κ2) is 5.12. The van der Waals surface area contributed by atoms with E-state index < -0.39 is 23.7 Å². The predicted molar refractivity (Wildman–Crippen MR) is 64.4 cm³/mol. The zero-order valence-corrected chi connectivity index (χ0v) is 10.3. The van der Waals surface area contributed by atoms with Crippen LogP contribution >= 0.6 is 0 Å². The van der Waals surface area contributed by atoms with E-state index in [1.54, 1.807) is 4.90 Å². The molecule has 0 aromatic carbocycles. The van der Waals surface area contributed by atoms with Crippen LogP contribution in [0.25, 0.3) is 0 Å². The summed E-state index contributed by atoms with van der Waals surface area (Å²) in [6, 6.07) is 0.824. The Hall–Kier alpha value is -2.10. The van der Waals surface area contributed by atoms with Gasteiger partial charge in [-0.3, -0.25) is 10.2 Å². The van der Waals surface area contributed by atoms with E-state index >= 15 is 0 Å². The number of amides is 1. The Bertz CT molecular complexity index is 520. The van der Waals surface area contributed by atoms with E-state index in [2.05, 4.69) is 9.97 Å². The highest BCUT2D eigenvalue weighted by Crippen LogP contribution is 2.31. The van der Waals surface area contributed by atoms with Gasteiger partial charge in [0, 0.05) is 19.2 Å². The van der Waals surface area contributed by atoms with Crippen molar-refractivity contribution in [1.82, 2.24) is 9.97 Å². The van der Waals surface area contributed by atoms with Gasteiger partial charge in [-0.05, 0) is 6.42 Å². The quantitative estimate of drug-likeness (QED) is 0.537. The van der Waals surface area contributed by atoms with Crippen molar-refractivity contribution in [2.24, 2.45) is 17.5 Å². The SMILES string of the molecule is NNc1nc(N2CCC(C(N)=O)C2)cc(C(F)(F)F)n1. The standard InChI is InChI=1S/C10H13F3N6O/c11-10(12,13)6-3-7(17-9(16-6)18-15)19-2-1-5(4-19)8(14)20/h3,5H,1-2,4,15H2,(H2,14,20)(H,16,17,18). The minimum Gasteiger partial charge on any atom is -0.369 e. The van der Waals surface area contributed by atoms with Crippen molar-refractivity contribution in [3.05, 3.63) is 11.8 Å². The molecule has 1 unspecified atom stereocenters. The van der Waals surface area contributed by atoms with Crippen molar-refractivity contribution < 1.29 is 18.0 Å². The molecule has 1 aliphatic rings. The number of alkyl halides is 3. The summed E-state index contributed by atoms with van der Waals surface area (Å²) in [6.07, 6.45) is -4.13. The fourth-order valence-corrected chi connectivity index (χ4v) is 2.01. The summed E-state index contributed by atoms with van der Waals surface area (Å²) < 4.78 is 38.2. The Morgan fingerprint density at radius 1 is 1.45 bits per heavy atom. The van der Waals surface area contributed by atoms with Crippen LogP contribution < -0.4 is 21.9 Å². The normalized spacial score (nSPS) is 19.2. The molecule has 1 saturated heterocycles. The number of hydrogen-bond donors (Lipinski definition) is 3. The number of anilines is 2.